The number of hydrogen-bond acceptors (Lipinski definition) is 2. The van der Waals surface area contributed by atoms with E-state index in [1.807, 2.05) is 13.0 Å². The van der Waals surface area contributed by atoms with Gasteiger partial charge in [-0.1, -0.05) is 43.5 Å². The Morgan fingerprint density at radius 1 is 1.50 bits per heavy atom. The maximum atomic E-state index is 11.3. The summed E-state index contributed by atoms with van der Waals surface area (Å²) in [6, 6.07) is 7.18. The van der Waals surface area contributed by atoms with E-state index < -0.39 is 11.5 Å². The van der Waals surface area contributed by atoms with Crippen molar-refractivity contribution in [3.8, 4) is 0 Å². The minimum atomic E-state index is -1.19. The van der Waals surface area contributed by atoms with Crippen LogP contribution in [0.2, 0.25) is 5.02 Å². The zero-order valence-corrected chi connectivity index (χ0v) is 11.9. The van der Waals surface area contributed by atoms with Crippen LogP contribution >= 0.6 is 24.0 Å². The molecule has 1 aromatic carbocycles. The molecule has 0 unspecified atom stereocenters. The van der Waals surface area contributed by atoms with Crippen molar-refractivity contribution in [2.75, 3.05) is 0 Å². The Labute approximate surface area is 119 Å². The Balaban J connectivity index is 0.00000289. The largest absolute Gasteiger partial charge is 0.480 e. The SMILES string of the molecule is CCCC[C@](N)(Cc1cccc(Cl)c1)C(=O)O.Cl. The molecule has 0 aliphatic carbocycles. The second-order valence-corrected chi connectivity index (χ2v) is 4.81. The monoisotopic (exact) mass is 291 g/mol. The Morgan fingerprint density at radius 2 is 2.17 bits per heavy atom. The van der Waals surface area contributed by atoms with Gasteiger partial charge in [0.15, 0.2) is 0 Å². The van der Waals surface area contributed by atoms with E-state index in [2.05, 4.69) is 0 Å². The van der Waals surface area contributed by atoms with E-state index in [0.29, 0.717) is 17.9 Å². The van der Waals surface area contributed by atoms with Gasteiger partial charge in [0.1, 0.15) is 5.54 Å². The quantitative estimate of drug-likeness (QED) is 0.845. The summed E-state index contributed by atoms with van der Waals surface area (Å²) < 4.78 is 0. The van der Waals surface area contributed by atoms with Crippen LogP contribution in [0.3, 0.4) is 0 Å². The minimum absolute atomic E-state index is 0. The summed E-state index contributed by atoms with van der Waals surface area (Å²) in [5, 5.41) is 9.83. The highest BCUT2D eigenvalue weighted by molar-refractivity contribution is 6.30. The van der Waals surface area contributed by atoms with Crippen LogP contribution in [0.4, 0.5) is 0 Å². The van der Waals surface area contributed by atoms with Crippen LogP contribution in [-0.2, 0) is 11.2 Å². The molecule has 0 aliphatic heterocycles. The molecule has 0 fully saturated rings. The van der Waals surface area contributed by atoms with Gasteiger partial charge in [-0.2, -0.15) is 0 Å². The zero-order valence-electron chi connectivity index (χ0n) is 10.4. The molecule has 1 atom stereocenters. The van der Waals surface area contributed by atoms with E-state index in [0.717, 1.165) is 18.4 Å². The van der Waals surface area contributed by atoms with Gasteiger partial charge >= 0.3 is 5.97 Å². The van der Waals surface area contributed by atoms with Gasteiger partial charge in [0.05, 0.1) is 0 Å². The number of unbranched alkanes of at least 4 members (excludes halogenated alkanes) is 1. The molecule has 0 aliphatic rings. The van der Waals surface area contributed by atoms with Crippen LogP contribution < -0.4 is 5.73 Å². The highest BCUT2D eigenvalue weighted by Gasteiger charge is 2.33. The average molecular weight is 292 g/mol. The standard InChI is InChI=1S/C13H18ClNO2.ClH/c1-2-3-7-13(15,12(16)17)9-10-5-4-6-11(14)8-10;/h4-6,8H,2-3,7,9,15H2,1H3,(H,16,17);1H/t13-;/m0./s1. The van der Waals surface area contributed by atoms with Gasteiger partial charge < -0.3 is 10.8 Å². The summed E-state index contributed by atoms with van der Waals surface area (Å²) in [5.74, 6) is -0.953. The van der Waals surface area contributed by atoms with Gasteiger partial charge in [-0.05, 0) is 24.1 Å². The summed E-state index contributed by atoms with van der Waals surface area (Å²) in [6.45, 7) is 2.02. The number of carbonyl (C=O) groups is 1. The van der Waals surface area contributed by atoms with Crippen LogP contribution in [0, 0.1) is 0 Å². The van der Waals surface area contributed by atoms with Crippen molar-refractivity contribution in [3.05, 3.63) is 34.9 Å². The fraction of sp³-hybridized carbons (Fsp3) is 0.462. The van der Waals surface area contributed by atoms with Crippen molar-refractivity contribution in [1.82, 2.24) is 0 Å². The Hall–Kier alpha value is -0.770. The average Bonchev–Trinajstić information content (AvgIpc) is 2.26. The summed E-state index contributed by atoms with van der Waals surface area (Å²) in [7, 11) is 0. The maximum Gasteiger partial charge on any atom is 0.324 e. The highest BCUT2D eigenvalue weighted by atomic mass is 35.5. The molecule has 0 saturated heterocycles. The molecular weight excluding hydrogens is 273 g/mol. The Kier molecular flexibility index (Phi) is 7.29. The lowest BCUT2D eigenvalue weighted by atomic mass is 9.87. The van der Waals surface area contributed by atoms with Gasteiger partial charge in [-0.25, -0.2) is 0 Å². The fourth-order valence-electron chi connectivity index (χ4n) is 1.77. The molecule has 3 nitrogen and oxygen atoms in total. The first-order chi connectivity index (χ1) is 7.98. The molecule has 18 heavy (non-hydrogen) atoms. The molecule has 0 amide bonds. The number of hydrogen-bond donors (Lipinski definition) is 2. The summed E-state index contributed by atoms with van der Waals surface area (Å²) in [4.78, 5) is 11.3. The van der Waals surface area contributed by atoms with Gasteiger partial charge in [0.25, 0.3) is 0 Å². The molecule has 0 bridgehead atoms. The minimum Gasteiger partial charge on any atom is -0.480 e. The van der Waals surface area contributed by atoms with Crippen molar-refractivity contribution in [1.29, 1.82) is 0 Å². The van der Waals surface area contributed by atoms with Crippen molar-refractivity contribution < 1.29 is 9.90 Å². The van der Waals surface area contributed by atoms with E-state index in [4.69, 9.17) is 17.3 Å². The number of rotatable bonds is 6. The van der Waals surface area contributed by atoms with Crippen LogP contribution in [0.1, 0.15) is 31.7 Å². The second kappa shape index (κ2) is 7.62. The first kappa shape index (κ1) is 17.2. The number of nitrogens with two attached hydrogens (primary N) is 1. The third kappa shape index (κ3) is 4.84. The van der Waals surface area contributed by atoms with Crippen molar-refractivity contribution in [2.24, 2.45) is 5.73 Å². The van der Waals surface area contributed by atoms with E-state index in [9.17, 15) is 9.90 Å². The summed E-state index contributed by atoms with van der Waals surface area (Å²) in [6.07, 6.45) is 2.53. The van der Waals surface area contributed by atoms with Crippen molar-refractivity contribution in [2.45, 2.75) is 38.1 Å². The third-order valence-corrected chi connectivity index (χ3v) is 3.05. The van der Waals surface area contributed by atoms with E-state index >= 15 is 0 Å². The Morgan fingerprint density at radius 3 is 2.67 bits per heavy atom. The van der Waals surface area contributed by atoms with E-state index in [-0.39, 0.29) is 12.4 Å². The number of benzene rings is 1. The number of carboxylic acid groups (broad SMARTS) is 1. The molecule has 0 radical (unpaired) electrons. The van der Waals surface area contributed by atoms with Crippen LogP contribution in [0.5, 0.6) is 0 Å². The predicted molar refractivity (Wildman–Crippen MR) is 76.5 cm³/mol. The number of carboxylic acids is 1. The van der Waals surface area contributed by atoms with Gasteiger partial charge in [0, 0.05) is 11.4 Å². The van der Waals surface area contributed by atoms with Gasteiger partial charge in [0.2, 0.25) is 0 Å². The molecule has 0 aromatic heterocycles. The van der Waals surface area contributed by atoms with Gasteiger partial charge in [-0.15, -0.1) is 12.4 Å². The van der Waals surface area contributed by atoms with Crippen LogP contribution in [0.15, 0.2) is 24.3 Å². The van der Waals surface area contributed by atoms with Crippen LogP contribution in [0.25, 0.3) is 0 Å². The lowest BCUT2D eigenvalue weighted by Gasteiger charge is -2.24. The zero-order chi connectivity index (χ0) is 12.9. The summed E-state index contributed by atoms with van der Waals surface area (Å²) >= 11 is 5.87. The topological polar surface area (TPSA) is 63.3 Å². The predicted octanol–water partition coefficient (Wildman–Crippen LogP) is 3.28. The summed E-state index contributed by atoms with van der Waals surface area (Å²) in [5.41, 5.74) is 5.63. The van der Waals surface area contributed by atoms with E-state index in [1.165, 1.54) is 0 Å². The van der Waals surface area contributed by atoms with Crippen LogP contribution in [-0.4, -0.2) is 16.6 Å². The normalized spacial score (nSPS) is 13.5. The van der Waals surface area contributed by atoms with Gasteiger partial charge in [-0.3, -0.25) is 4.79 Å². The third-order valence-electron chi connectivity index (χ3n) is 2.81. The second-order valence-electron chi connectivity index (χ2n) is 4.37. The fourth-order valence-corrected chi connectivity index (χ4v) is 1.99. The molecular formula is C13H19Cl2NO2. The molecule has 102 valence electrons. The molecule has 1 rings (SSSR count). The number of aliphatic carboxylic acids is 1. The lowest BCUT2D eigenvalue weighted by molar-refractivity contribution is -0.143. The first-order valence-electron chi connectivity index (χ1n) is 5.74. The first-order valence-corrected chi connectivity index (χ1v) is 6.12. The molecule has 1 aromatic rings. The Bertz CT molecular complexity index is 398. The number of halogens is 2. The highest BCUT2D eigenvalue weighted by Crippen LogP contribution is 2.20. The lowest BCUT2D eigenvalue weighted by Crippen LogP contribution is -2.49. The molecule has 5 heteroatoms. The van der Waals surface area contributed by atoms with Crippen molar-refractivity contribution >= 4 is 30.0 Å². The maximum absolute atomic E-state index is 11.3. The smallest absolute Gasteiger partial charge is 0.324 e. The molecule has 0 heterocycles. The van der Waals surface area contributed by atoms with Crippen molar-refractivity contribution in [3.63, 3.8) is 0 Å². The molecule has 0 spiro atoms. The molecule has 0 saturated carbocycles. The van der Waals surface area contributed by atoms with E-state index in [1.54, 1.807) is 18.2 Å². The molecule has 3 N–H and O–H groups in total.